The summed E-state index contributed by atoms with van der Waals surface area (Å²) in [6, 6.07) is 15.1. The Bertz CT molecular complexity index is 870. The molecular weight excluding hydrogens is 376 g/mol. The largest absolute Gasteiger partial charge is 0.330 e. The van der Waals surface area contributed by atoms with Crippen molar-refractivity contribution in [3.63, 3.8) is 0 Å². The molecule has 2 N–H and O–H groups in total. The smallest absolute Gasteiger partial charge is 0.234 e. The van der Waals surface area contributed by atoms with Crippen molar-refractivity contribution in [3.8, 4) is 0 Å². The van der Waals surface area contributed by atoms with Crippen LogP contribution in [0.1, 0.15) is 5.56 Å². The van der Waals surface area contributed by atoms with Crippen LogP contribution >= 0.6 is 34.7 Å². The number of amides is 1. The molecule has 1 heterocycles. The number of nitrogens with one attached hydrogen (secondary N) is 2. The van der Waals surface area contributed by atoms with Gasteiger partial charge in [-0.3, -0.25) is 4.79 Å². The first-order chi connectivity index (χ1) is 12.1. The van der Waals surface area contributed by atoms with Gasteiger partial charge in [0, 0.05) is 16.4 Å². The van der Waals surface area contributed by atoms with E-state index in [-0.39, 0.29) is 11.7 Å². The van der Waals surface area contributed by atoms with Crippen molar-refractivity contribution in [3.05, 3.63) is 59.1 Å². The van der Waals surface area contributed by atoms with Gasteiger partial charge in [0.2, 0.25) is 11.0 Å². The molecule has 1 amide bonds. The molecule has 5 nitrogen and oxygen atoms in total. The standard InChI is InChI=1S/C17H15ClN4OS2/c1-11-9-12(18)7-8-14(11)20-15(23)10-24-17-22-21-16(25-17)19-13-5-3-2-4-6-13/h2-9H,10H2,1H3,(H,19,21)(H,20,23). The number of aromatic nitrogens is 2. The zero-order chi connectivity index (χ0) is 17.6. The lowest BCUT2D eigenvalue weighted by atomic mass is 10.2. The highest BCUT2D eigenvalue weighted by Crippen LogP contribution is 2.28. The molecule has 3 aromatic rings. The van der Waals surface area contributed by atoms with Crippen LogP contribution in [-0.2, 0) is 4.79 Å². The van der Waals surface area contributed by atoms with Gasteiger partial charge in [0.15, 0.2) is 4.34 Å². The van der Waals surface area contributed by atoms with E-state index in [1.54, 1.807) is 12.1 Å². The number of para-hydroxylation sites is 1. The summed E-state index contributed by atoms with van der Waals surface area (Å²) in [4.78, 5) is 12.1. The van der Waals surface area contributed by atoms with E-state index in [2.05, 4.69) is 20.8 Å². The van der Waals surface area contributed by atoms with E-state index in [0.29, 0.717) is 10.2 Å². The van der Waals surface area contributed by atoms with Crippen molar-refractivity contribution in [1.82, 2.24) is 10.2 Å². The van der Waals surface area contributed by atoms with Crippen molar-refractivity contribution in [1.29, 1.82) is 0 Å². The molecule has 0 fully saturated rings. The highest BCUT2D eigenvalue weighted by Gasteiger charge is 2.10. The SMILES string of the molecule is Cc1cc(Cl)ccc1NC(=O)CSc1nnc(Nc2ccccc2)s1. The summed E-state index contributed by atoms with van der Waals surface area (Å²) in [5, 5.41) is 15.6. The van der Waals surface area contributed by atoms with Crippen LogP contribution in [0.25, 0.3) is 0 Å². The Morgan fingerprint density at radius 3 is 2.76 bits per heavy atom. The van der Waals surface area contributed by atoms with Gasteiger partial charge in [-0.2, -0.15) is 0 Å². The minimum atomic E-state index is -0.0943. The fraction of sp³-hybridized carbons (Fsp3) is 0.118. The first kappa shape index (κ1) is 17.7. The lowest BCUT2D eigenvalue weighted by Crippen LogP contribution is -2.14. The van der Waals surface area contributed by atoms with Crippen LogP contribution in [0.3, 0.4) is 0 Å². The van der Waals surface area contributed by atoms with Crippen LogP contribution in [0.15, 0.2) is 52.9 Å². The second-order valence-electron chi connectivity index (χ2n) is 5.16. The van der Waals surface area contributed by atoms with E-state index < -0.39 is 0 Å². The first-order valence-electron chi connectivity index (χ1n) is 7.44. The van der Waals surface area contributed by atoms with Gasteiger partial charge in [-0.15, -0.1) is 10.2 Å². The van der Waals surface area contributed by atoms with E-state index in [1.165, 1.54) is 23.1 Å². The van der Waals surface area contributed by atoms with Crippen LogP contribution in [0.2, 0.25) is 5.02 Å². The molecule has 25 heavy (non-hydrogen) atoms. The maximum atomic E-state index is 12.1. The average molecular weight is 391 g/mol. The molecule has 0 aliphatic carbocycles. The Hall–Kier alpha value is -2.09. The van der Waals surface area contributed by atoms with Crippen LogP contribution in [0, 0.1) is 6.92 Å². The van der Waals surface area contributed by atoms with Gasteiger partial charge in [-0.25, -0.2) is 0 Å². The summed E-state index contributed by atoms with van der Waals surface area (Å²) in [7, 11) is 0. The summed E-state index contributed by atoms with van der Waals surface area (Å²) in [6.07, 6.45) is 0. The molecule has 2 aromatic carbocycles. The molecule has 8 heteroatoms. The minimum absolute atomic E-state index is 0.0943. The van der Waals surface area contributed by atoms with Crippen LogP contribution in [0.5, 0.6) is 0 Å². The van der Waals surface area contributed by atoms with Crippen LogP contribution < -0.4 is 10.6 Å². The second kappa shape index (κ2) is 8.33. The van der Waals surface area contributed by atoms with E-state index >= 15 is 0 Å². The van der Waals surface area contributed by atoms with Gasteiger partial charge in [0.05, 0.1) is 5.75 Å². The minimum Gasteiger partial charge on any atom is -0.330 e. The van der Waals surface area contributed by atoms with Crippen LogP contribution in [0.4, 0.5) is 16.5 Å². The molecule has 0 aliphatic rings. The Labute approximate surface area is 158 Å². The third-order valence-electron chi connectivity index (χ3n) is 3.22. The van der Waals surface area contributed by atoms with Gasteiger partial charge < -0.3 is 10.6 Å². The number of thioether (sulfide) groups is 1. The number of carbonyl (C=O) groups excluding carboxylic acids is 1. The lowest BCUT2D eigenvalue weighted by molar-refractivity contribution is -0.113. The third-order valence-corrected chi connectivity index (χ3v) is 5.43. The number of benzene rings is 2. The summed E-state index contributed by atoms with van der Waals surface area (Å²) in [6.45, 7) is 1.90. The molecule has 0 saturated heterocycles. The number of rotatable bonds is 6. The molecule has 128 valence electrons. The Kier molecular flexibility index (Phi) is 5.91. The summed E-state index contributed by atoms with van der Waals surface area (Å²) < 4.78 is 0.737. The maximum absolute atomic E-state index is 12.1. The highest BCUT2D eigenvalue weighted by atomic mass is 35.5. The zero-order valence-electron chi connectivity index (χ0n) is 13.3. The molecule has 0 bridgehead atoms. The van der Waals surface area contributed by atoms with Gasteiger partial charge in [-0.05, 0) is 42.8 Å². The predicted molar refractivity (Wildman–Crippen MR) is 105 cm³/mol. The van der Waals surface area contributed by atoms with Gasteiger partial charge in [0.1, 0.15) is 0 Å². The Morgan fingerprint density at radius 2 is 2.00 bits per heavy atom. The summed E-state index contributed by atoms with van der Waals surface area (Å²) >= 11 is 8.69. The predicted octanol–water partition coefficient (Wildman–Crippen LogP) is 4.97. The number of hydrogen-bond donors (Lipinski definition) is 2. The molecular formula is C17H15ClN4OS2. The van der Waals surface area contributed by atoms with Crippen molar-refractivity contribution < 1.29 is 4.79 Å². The number of aryl methyl sites for hydroxylation is 1. The number of halogens is 1. The lowest BCUT2D eigenvalue weighted by Gasteiger charge is -2.07. The van der Waals surface area contributed by atoms with Crippen molar-refractivity contribution >= 4 is 57.1 Å². The molecule has 0 aliphatic heterocycles. The molecule has 0 unspecified atom stereocenters. The summed E-state index contributed by atoms with van der Waals surface area (Å²) in [5.41, 5.74) is 2.64. The van der Waals surface area contributed by atoms with Gasteiger partial charge >= 0.3 is 0 Å². The number of nitrogens with zero attached hydrogens (tertiary/aromatic N) is 2. The quantitative estimate of drug-likeness (QED) is 0.581. The van der Waals surface area contributed by atoms with Gasteiger partial charge in [-0.1, -0.05) is 52.9 Å². The average Bonchev–Trinajstić information content (AvgIpc) is 3.04. The van der Waals surface area contributed by atoms with Crippen LogP contribution in [-0.4, -0.2) is 21.9 Å². The highest BCUT2D eigenvalue weighted by molar-refractivity contribution is 8.01. The van der Waals surface area contributed by atoms with E-state index in [9.17, 15) is 4.79 Å². The van der Waals surface area contributed by atoms with E-state index in [0.717, 1.165) is 21.3 Å². The fourth-order valence-electron chi connectivity index (χ4n) is 2.04. The van der Waals surface area contributed by atoms with Crippen molar-refractivity contribution in [2.45, 2.75) is 11.3 Å². The number of carbonyl (C=O) groups is 1. The monoisotopic (exact) mass is 390 g/mol. The molecule has 1 aromatic heterocycles. The van der Waals surface area contributed by atoms with E-state index in [1.807, 2.05) is 43.3 Å². The third kappa shape index (κ3) is 5.19. The van der Waals surface area contributed by atoms with Gasteiger partial charge in [0.25, 0.3) is 0 Å². The fourth-order valence-corrected chi connectivity index (χ4v) is 3.84. The second-order valence-corrected chi connectivity index (χ2v) is 7.80. The number of hydrogen-bond acceptors (Lipinski definition) is 6. The van der Waals surface area contributed by atoms with E-state index in [4.69, 9.17) is 11.6 Å². The first-order valence-corrected chi connectivity index (χ1v) is 9.62. The normalized spacial score (nSPS) is 10.5. The molecule has 0 saturated carbocycles. The molecule has 0 radical (unpaired) electrons. The maximum Gasteiger partial charge on any atom is 0.234 e. The Balaban J connectivity index is 1.52. The van der Waals surface area contributed by atoms with Crippen molar-refractivity contribution in [2.24, 2.45) is 0 Å². The Morgan fingerprint density at radius 1 is 1.20 bits per heavy atom. The summed E-state index contributed by atoms with van der Waals surface area (Å²) in [5.74, 6) is 0.172. The molecule has 3 rings (SSSR count). The number of anilines is 3. The zero-order valence-corrected chi connectivity index (χ0v) is 15.7. The van der Waals surface area contributed by atoms with Crippen molar-refractivity contribution in [2.75, 3.05) is 16.4 Å². The molecule has 0 spiro atoms. The topological polar surface area (TPSA) is 66.9 Å². The molecule has 0 atom stereocenters.